The number of benzene rings is 2. The lowest BCUT2D eigenvalue weighted by Crippen LogP contribution is -2.25. The Labute approximate surface area is 149 Å². The summed E-state index contributed by atoms with van der Waals surface area (Å²) in [5.41, 5.74) is 3.80. The zero-order valence-corrected chi connectivity index (χ0v) is 14.6. The van der Waals surface area contributed by atoms with Crippen molar-refractivity contribution in [1.82, 2.24) is 9.88 Å². The Morgan fingerprint density at radius 2 is 1.60 bits per heavy atom. The van der Waals surface area contributed by atoms with E-state index in [1.807, 2.05) is 30.6 Å². The Balaban J connectivity index is 1.73. The first-order chi connectivity index (χ1) is 12.3. The topological polar surface area (TPSA) is 25.4 Å². The largest absolute Gasteiger partial charge is 0.496 e. The van der Waals surface area contributed by atoms with E-state index < -0.39 is 0 Å². The summed E-state index contributed by atoms with van der Waals surface area (Å²) in [5, 5.41) is 0. The first kappa shape index (κ1) is 17.2. The molecule has 0 atom stereocenters. The summed E-state index contributed by atoms with van der Waals surface area (Å²) in [4.78, 5) is 6.69. The second kappa shape index (κ2) is 9.00. The van der Waals surface area contributed by atoms with E-state index in [0.29, 0.717) is 0 Å². The molecule has 0 N–H and O–H groups in total. The van der Waals surface area contributed by atoms with Crippen LogP contribution in [0.2, 0.25) is 0 Å². The van der Waals surface area contributed by atoms with Crippen molar-refractivity contribution in [1.29, 1.82) is 0 Å². The van der Waals surface area contributed by atoms with Crippen molar-refractivity contribution in [3.05, 3.63) is 95.8 Å². The van der Waals surface area contributed by atoms with Gasteiger partial charge in [0.05, 0.1) is 7.11 Å². The molecule has 128 valence electrons. The van der Waals surface area contributed by atoms with Crippen LogP contribution < -0.4 is 4.74 Å². The molecule has 0 unspecified atom stereocenters. The van der Waals surface area contributed by atoms with Gasteiger partial charge in [0.25, 0.3) is 0 Å². The van der Waals surface area contributed by atoms with Gasteiger partial charge in [-0.1, -0.05) is 54.6 Å². The normalized spacial score (nSPS) is 10.8. The van der Waals surface area contributed by atoms with Gasteiger partial charge in [0.2, 0.25) is 0 Å². The summed E-state index contributed by atoms with van der Waals surface area (Å²) < 4.78 is 5.52. The van der Waals surface area contributed by atoms with E-state index in [1.54, 1.807) is 7.11 Å². The number of hydrogen-bond donors (Lipinski definition) is 0. The van der Waals surface area contributed by atoms with Crippen molar-refractivity contribution in [2.24, 2.45) is 0 Å². The van der Waals surface area contributed by atoms with Gasteiger partial charge in [0, 0.05) is 37.6 Å². The van der Waals surface area contributed by atoms with Crippen LogP contribution >= 0.6 is 0 Å². The summed E-state index contributed by atoms with van der Waals surface area (Å²) in [6.07, 6.45) is 4.78. The molecule has 1 aromatic heterocycles. The Morgan fingerprint density at radius 3 is 2.36 bits per heavy atom. The first-order valence-corrected chi connectivity index (χ1v) is 8.62. The average molecular weight is 332 g/mol. The molecule has 0 aliphatic heterocycles. The lowest BCUT2D eigenvalue weighted by atomic mass is 10.1. The summed E-state index contributed by atoms with van der Waals surface area (Å²) in [6.45, 7) is 2.71. The second-order valence-corrected chi connectivity index (χ2v) is 6.12. The van der Waals surface area contributed by atoms with Gasteiger partial charge in [-0.15, -0.1) is 0 Å². The van der Waals surface area contributed by atoms with Crippen LogP contribution in [-0.4, -0.2) is 23.5 Å². The highest BCUT2D eigenvalue weighted by Crippen LogP contribution is 2.20. The van der Waals surface area contributed by atoms with Crippen LogP contribution in [0.1, 0.15) is 16.7 Å². The lowest BCUT2D eigenvalue weighted by Gasteiger charge is -2.23. The van der Waals surface area contributed by atoms with Crippen molar-refractivity contribution < 1.29 is 4.74 Å². The number of hydrogen-bond acceptors (Lipinski definition) is 3. The van der Waals surface area contributed by atoms with Crippen LogP contribution in [0.4, 0.5) is 0 Å². The molecule has 0 bridgehead atoms. The van der Waals surface area contributed by atoms with Crippen LogP contribution in [0.25, 0.3) is 0 Å². The van der Waals surface area contributed by atoms with E-state index in [2.05, 4.69) is 58.4 Å². The number of pyridine rings is 1. The molecular weight excluding hydrogens is 308 g/mol. The van der Waals surface area contributed by atoms with E-state index >= 15 is 0 Å². The molecule has 1 heterocycles. The molecule has 3 rings (SSSR count). The second-order valence-electron chi connectivity index (χ2n) is 6.12. The van der Waals surface area contributed by atoms with E-state index in [-0.39, 0.29) is 0 Å². The number of nitrogens with zero attached hydrogens (tertiary/aromatic N) is 2. The van der Waals surface area contributed by atoms with Gasteiger partial charge in [-0.3, -0.25) is 9.88 Å². The molecule has 0 amide bonds. The molecule has 0 aliphatic carbocycles. The summed E-state index contributed by atoms with van der Waals surface area (Å²) in [5.74, 6) is 0.943. The summed E-state index contributed by atoms with van der Waals surface area (Å²) in [7, 11) is 1.73. The Morgan fingerprint density at radius 1 is 0.840 bits per heavy atom. The Kier molecular flexibility index (Phi) is 6.18. The minimum Gasteiger partial charge on any atom is -0.496 e. The summed E-state index contributed by atoms with van der Waals surface area (Å²) in [6, 6.07) is 23.0. The van der Waals surface area contributed by atoms with Crippen molar-refractivity contribution >= 4 is 0 Å². The molecule has 3 aromatic rings. The monoisotopic (exact) mass is 332 g/mol. The fraction of sp³-hybridized carbons (Fsp3) is 0.227. The molecule has 2 aromatic carbocycles. The highest BCUT2D eigenvalue weighted by molar-refractivity contribution is 5.33. The highest BCUT2D eigenvalue weighted by Gasteiger charge is 2.11. The zero-order chi connectivity index (χ0) is 17.3. The average Bonchev–Trinajstić information content (AvgIpc) is 2.68. The van der Waals surface area contributed by atoms with Crippen molar-refractivity contribution in [2.75, 3.05) is 13.7 Å². The number of methoxy groups -OCH3 is 1. The van der Waals surface area contributed by atoms with Crippen LogP contribution in [0.15, 0.2) is 79.1 Å². The SMILES string of the molecule is COc1ccccc1CN(CCc1ccccc1)Cc1cccnc1. The minimum absolute atomic E-state index is 0.853. The van der Waals surface area contributed by atoms with Gasteiger partial charge in [-0.05, 0) is 29.7 Å². The fourth-order valence-electron chi connectivity index (χ4n) is 2.97. The molecule has 3 heteroatoms. The van der Waals surface area contributed by atoms with Crippen molar-refractivity contribution in [3.8, 4) is 5.75 Å². The standard InChI is InChI=1S/C22H24N2O/c1-25-22-12-6-5-11-21(22)18-24(17-20-10-7-14-23-16-20)15-13-19-8-3-2-4-9-19/h2-12,14,16H,13,15,17-18H2,1H3. The molecular formula is C22H24N2O. The molecule has 0 radical (unpaired) electrons. The van der Waals surface area contributed by atoms with Gasteiger partial charge < -0.3 is 4.74 Å². The van der Waals surface area contributed by atoms with E-state index in [1.165, 1.54) is 16.7 Å². The van der Waals surface area contributed by atoms with Gasteiger partial charge >= 0.3 is 0 Å². The maximum atomic E-state index is 5.52. The molecule has 0 aliphatic rings. The maximum absolute atomic E-state index is 5.52. The van der Waals surface area contributed by atoms with E-state index in [4.69, 9.17) is 4.74 Å². The predicted octanol–water partition coefficient (Wildman–Crippen LogP) is 4.34. The highest BCUT2D eigenvalue weighted by atomic mass is 16.5. The lowest BCUT2D eigenvalue weighted by molar-refractivity contribution is 0.255. The van der Waals surface area contributed by atoms with Gasteiger partial charge in [0.1, 0.15) is 5.75 Å². The first-order valence-electron chi connectivity index (χ1n) is 8.62. The van der Waals surface area contributed by atoms with Crippen molar-refractivity contribution in [3.63, 3.8) is 0 Å². The molecule has 0 saturated carbocycles. The van der Waals surface area contributed by atoms with E-state index in [9.17, 15) is 0 Å². The van der Waals surface area contributed by atoms with Gasteiger partial charge in [-0.2, -0.15) is 0 Å². The third-order valence-corrected chi connectivity index (χ3v) is 4.27. The Hall–Kier alpha value is -2.65. The molecule has 0 spiro atoms. The molecule has 3 nitrogen and oxygen atoms in total. The van der Waals surface area contributed by atoms with Crippen LogP contribution in [0.3, 0.4) is 0 Å². The van der Waals surface area contributed by atoms with Crippen LogP contribution in [0, 0.1) is 0 Å². The number of aromatic nitrogens is 1. The molecule has 0 fully saturated rings. The minimum atomic E-state index is 0.853. The van der Waals surface area contributed by atoms with Crippen molar-refractivity contribution in [2.45, 2.75) is 19.5 Å². The quantitative estimate of drug-likeness (QED) is 0.614. The smallest absolute Gasteiger partial charge is 0.123 e. The third kappa shape index (κ3) is 5.16. The van der Waals surface area contributed by atoms with E-state index in [0.717, 1.165) is 31.8 Å². The number of rotatable bonds is 8. The predicted molar refractivity (Wildman–Crippen MR) is 101 cm³/mol. The van der Waals surface area contributed by atoms with Gasteiger partial charge in [-0.25, -0.2) is 0 Å². The van der Waals surface area contributed by atoms with Crippen LogP contribution in [0.5, 0.6) is 5.75 Å². The fourth-order valence-corrected chi connectivity index (χ4v) is 2.97. The summed E-state index contributed by atoms with van der Waals surface area (Å²) >= 11 is 0. The number of ether oxygens (including phenoxy) is 1. The molecule has 25 heavy (non-hydrogen) atoms. The molecule has 0 saturated heterocycles. The Bertz CT molecular complexity index is 759. The maximum Gasteiger partial charge on any atom is 0.123 e. The third-order valence-electron chi connectivity index (χ3n) is 4.27. The van der Waals surface area contributed by atoms with Crippen LogP contribution in [-0.2, 0) is 19.5 Å². The number of para-hydroxylation sites is 1. The van der Waals surface area contributed by atoms with Gasteiger partial charge in [0.15, 0.2) is 0 Å². The zero-order valence-electron chi connectivity index (χ0n) is 14.6.